The molecule has 1 N–H and O–H groups in total. The van der Waals surface area contributed by atoms with Crippen molar-refractivity contribution in [2.75, 3.05) is 5.32 Å². The zero-order valence-electron chi connectivity index (χ0n) is 11.6. The summed E-state index contributed by atoms with van der Waals surface area (Å²) in [6, 6.07) is 10.6. The number of aromatic nitrogens is 1. The number of halogens is 1. The van der Waals surface area contributed by atoms with Gasteiger partial charge in [0.1, 0.15) is 0 Å². The van der Waals surface area contributed by atoms with E-state index < -0.39 is 0 Å². The largest absolute Gasteiger partial charge is 0.331 e. The van der Waals surface area contributed by atoms with Crippen LogP contribution in [0.1, 0.15) is 16.7 Å². The van der Waals surface area contributed by atoms with Gasteiger partial charge in [0.25, 0.3) is 0 Å². The van der Waals surface area contributed by atoms with Crippen molar-refractivity contribution < 1.29 is 0 Å². The summed E-state index contributed by atoms with van der Waals surface area (Å²) in [5.74, 6) is 0. The molecule has 2 aromatic carbocycles. The Morgan fingerprint density at radius 3 is 2.45 bits per heavy atom. The molecule has 2 nitrogen and oxygen atoms in total. The Labute approximate surface area is 131 Å². The molecule has 0 aliphatic heterocycles. The molecule has 0 radical (unpaired) electrons. The summed E-state index contributed by atoms with van der Waals surface area (Å²) in [5.41, 5.74) is 5.98. The molecule has 3 aromatic rings. The first-order chi connectivity index (χ1) is 9.52. The molecule has 0 saturated carbocycles. The van der Waals surface area contributed by atoms with E-state index in [0.29, 0.717) is 0 Å². The van der Waals surface area contributed by atoms with E-state index in [0.717, 1.165) is 20.8 Å². The predicted octanol–water partition coefficient (Wildman–Crippen LogP) is 5.73. The fourth-order valence-electron chi connectivity index (χ4n) is 2.44. The number of anilines is 2. The molecule has 1 heterocycles. The molecular weight excluding hydrogens is 332 g/mol. The maximum absolute atomic E-state index is 4.65. The Morgan fingerprint density at radius 2 is 1.75 bits per heavy atom. The number of hydrogen-bond donors (Lipinski definition) is 1. The van der Waals surface area contributed by atoms with Gasteiger partial charge in [0, 0.05) is 10.2 Å². The van der Waals surface area contributed by atoms with E-state index in [2.05, 4.69) is 65.2 Å². The van der Waals surface area contributed by atoms with E-state index in [4.69, 9.17) is 0 Å². The van der Waals surface area contributed by atoms with Crippen molar-refractivity contribution in [1.29, 1.82) is 0 Å². The van der Waals surface area contributed by atoms with E-state index in [9.17, 15) is 0 Å². The lowest BCUT2D eigenvalue weighted by molar-refractivity contribution is 1.30. The standard InChI is InChI=1S/C16H15BrN2S/c1-9-6-10(2)15(11(3)7-9)19-16-18-13-8-12(17)4-5-14(13)20-16/h4-8H,1-3H3,(H,18,19). The maximum Gasteiger partial charge on any atom is 0.188 e. The lowest BCUT2D eigenvalue weighted by Crippen LogP contribution is -1.96. The van der Waals surface area contributed by atoms with E-state index in [1.54, 1.807) is 11.3 Å². The molecule has 0 spiro atoms. The minimum atomic E-state index is 0.938. The van der Waals surface area contributed by atoms with Gasteiger partial charge in [0.2, 0.25) is 0 Å². The van der Waals surface area contributed by atoms with Crippen LogP contribution < -0.4 is 5.32 Å². The van der Waals surface area contributed by atoms with Gasteiger partial charge >= 0.3 is 0 Å². The van der Waals surface area contributed by atoms with Gasteiger partial charge in [-0.2, -0.15) is 0 Å². The highest BCUT2D eigenvalue weighted by Gasteiger charge is 2.08. The quantitative estimate of drug-likeness (QED) is 0.641. The molecule has 0 bridgehead atoms. The number of rotatable bonds is 2. The van der Waals surface area contributed by atoms with Gasteiger partial charge in [-0.25, -0.2) is 4.98 Å². The average Bonchev–Trinajstić information content (AvgIpc) is 2.75. The highest BCUT2D eigenvalue weighted by molar-refractivity contribution is 9.10. The van der Waals surface area contributed by atoms with Crippen molar-refractivity contribution in [3.05, 3.63) is 51.5 Å². The Balaban J connectivity index is 2.01. The molecule has 20 heavy (non-hydrogen) atoms. The third kappa shape index (κ3) is 2.58. The fraction of sp³-hybridized carbons (Fsp3) is 0.188. The summed E-state index contributed by atoms with van der Waals surface area (Å²) in [4.78, 5) is 4.65. The van der Waals surface area contributed by atoms with Crippen molar-refractivity contribution in [2.24, 2.45) is 0 Å². The summed E-state index contributed by atoms with van der Waals surface area (Å²) in [6.07, 6.45) is 0. The summed E-state index contributed by atoms with van der Waals surface area (Å²) in [6.45, 7) is 6.39. The first-order valence-electron chi connectivity index (χ1n) is 6.44. The van der Waals surface area contributed by atoms with Crippen molar-refractivity contribution >= 4 is 48.3 Å². The van der Waals surface area contributed by atoms with Crippen LogP contribution in [0.2, 0.25) is 0 Å². The van der Waals surface area contributed by atoms with Gasteiger partial charge in [-0.1, -0.05) is 45.0 Å². The number of thiazole rings is 1. The monoisotopic (exact) mass is 346 g/mol. The first-order valence-corrected chi connectivity index (χ1v) is 8.05. The third-order valence-corrected chi connectivity index (χ3v) is 4.70. The molecule has 0 saturated heterocycles. The van der Waals surface area contributed by atoms with E-state index >= 15 is 0 Å². The Kier molecular flexibility index (Phi) is 3.52. The minimum Gasteiger partial charge on any atom is -0.331 e. The summed E-state index contributed by atoms with van der Waals surface area (Å²) in [7, 11) is 0. The normalized spacial score (nSPS) is 11.0. The number of aryl methyl sites for hydroxylation is 3. The second kappa shape index (κ2) is 5.19. The second-order valence-electron chi connectivity index (χ2n) is 5.03. The number of benzene rings is 2. The van der Waals surface area contributed by atoms with E-state index in [1.165, 1.54) is 21.4 Å². The summed E-state index contributed by atoms with van der Waals surface area (Å²) >= 11 is 5.16. The van der Waals surface area contributed by atoms with Gasteiger partial charge in [0.15, 0.2) is 5.13 Å². The Bertz CT molecular complexity index is 769. The van der Waals surface area contributed by atoms with Crippen LogP contribution in [0, 0.1) is 20.8 Å². The predicted molar refractivity (Wildman–Crippen MR) is 91.3 cm³/mol. The van der Waals surface area contributed by atoms with Crippen LogP contribution in [0.25, 0.3) is 10.2 Å². The first kappa shape index (κ1) is 13.6. The third-order valence-electron chi connectivity index (χ3n) is 3.26. The minimum absolute atomic E-state index is 0.938. The van der Waals surface area contributed by atoms with Crippen molar-refractivity contribution in [1.82, 2.24) is 4.98 Å². The summed E-state index contributed by atoms with van der Waals surface area (Å²) < 4.78 is 2.25. The molecular formula is C16H15BrN2S. The number of nitrogens with one attached hydrogen (secondary N) is 1. The van der Waals surface area contributed by atoms with E-state index in [-0.39, 0.29) is 0 Å². The second-order valence-corrected chi connectivity index (χ2v) is 6.98. The van der Waals surface area contributed by atoms with Crippen LogP contribution in [0.4, 0.5) is 10.8 Å². The molecule has 0 amide bonds. The van der Waals surface area contributed by atoms with Gasteiger partial charge in [-0.15, -0.1) is 0 Å². The highest BCUT2D eigenvalue weighted by Crippen LogP contribution is 2.32. The SMILES string of the molecule is Cc1cc(C)c(Nc2nc3cc(Br)ccc3s2)c(C)c1. The topological polar surface area (TPSA) is 24.9 Å². The van der Waals surface area contributed by atoms with Gasteiger partial charge in [-0.05, 0) is 50.1 Å². The fourth-order valence-corrected chi connectivity index (χ4v) is 3.64. The molecule has 102 valence electrons. The highest BCUT2D eigenvalue weighted by atomic mass is 79.9. The van der Waals surface area contributed by atoms with Gasteiger partial charge in [0.05, 0.1) is 10.2 Å². The van der Waals surface area contributed by atoms with Crippen molar-refractivity contribution in [3.8, 4) is 0 Å². The zero-order chi connectivity index (χ0) is 14.3. The number of nitrogens with zero attached hydrogens (tertiary/aromatic N) is 1. The van der Waals surface area contributed by atoms with Gasteiger partial charge in [-0.3, -0.25) is 0 Å². The van der Waals surface area contributed by atoms with E-state index in [1.807, 2.05) is 12.1 Å². The van der Waals surface area contributed by atoms with Crippen LogP contribution in [-0.2, 0) is 0 Å². The molecule has 0 unspecified atom stereocenters. The Morgan fingerprint density at radius 1 is 1.05 bits per heavy atom. The van der Waals surface area contributed by atoms with Gasteiger partial charge < -0.3 is 5.32 Å². The molecule has 0 aliphatic carbocycles. The molecule has 0 fully saturated rings. The lowest BCUT2D eigenvalue weighted by Gasteiger charge is -2.11. The van der Waals surface area contributed by atoms with Crippen molar-refractivity contribution in [3.63, 3.8) is 0 Å². The van der Waals surface area contributed by atoms with Crippen LogP contribution in [0.15, 0.2) is 34.8 Å². The molecule has 1 aromatic heterocycles. The molecule has 0 aliphatic rings. The lowest BCUT2D eigenvalue weighted by atomic mass is 10.1. The van der Waals surface area contributed by atoms with Crippen LogP contribution >= 0.6 is 27.3 Å². The summed E-state index contributed by atoms with van der Waals surface area (Å²) in [5, 5.41) is 4.41. The number of hydrogen-bond acceptors (Lipinski definition) is 3. The smallest absolute Gasteiger partial charge is 0.188 e. The number of fused-ring (bicyclic) bond motifs is 1. The van der Waals surface area contributed by atoms with Crippen LogP contribution in [0.5, 0.6) is 0 Å². The molecule has 4 heteroatoms. The molecule has 0 atom stereocenters. The average molecular weight is 347 g/mol. The zero-order valence-corrected chi connectivity index (χ0v) is 14.0. The molecule has 3 rings (SSSR count). The van der Waals surface area contributed by atoms with Crippen molar-refractivity contribution in [2.45, 2.75) is 20.8 Å². The van der Waals surface area contributed by atoms with Crippen LogP contribution in [-0.4, -0.2) is 4.98 Å². The Hall–Kier alpha value is -1.39. The maximum atomic E-state index is 4.65. The van der Waals surface area contributed by atoms with Crippen LogP contribution in [0.3, 0.4) is 0 Å².